The molecule has 0 amide bonds. The number of rotatable bonds is 7. The second-order valence-electron chi connectivity index (χ2n) is 7.33. The number of carbonyl (C=O) groups excluding carboxylic acids is 1. The second-order valence-corrected chi connectivity index (χ2v) is 7.33. The van der Waals surface area contributed by atoms with Gasteiger partial charge in [0.25, 0.3) is 0 Å². The van der Waals surface area contributed by atoms with E-state index in [0.717, 1.165) is 16.7 Å². The zero-order chi connectivity index (χ0) is 23.5. The van der Waals surface area contributed by atoms with Gasteiger partial charge in [0, 0.05) is 5.92 Å². The largest absolute Gasteiger partial charge is 0.493 e. The van der Waals surface area contributed by atoms with E-state index in [4.69, 9.17) is 33.3 Å². The van der Waals surface area contributed by atoms with Crippen LogP contribution in [0.4, 0.5) is 0 Å². The summed E-state index contributed by atoms with van der Waals surface area (Å²) >= 11 is 0. The smallest absolute Gasteiger partial charge is 0.314 e. The molecule has 9 nitrogen and oxygen atoms in total. The summed E-state index contributed by atoms with van der Waals surface area (Å²) in [6, 6.07) is 7.43. The van der Waals surface area contributed by atoms with Gasteiger partial charge in [-0.2, -0.15) is 0 Å². The molecule has 0 unspecified atom stereocenters. The minimum atomic E-state index is -0.718. The Morgan fingerprint density at radius 3 is 2.21 bits per heavy atom. The predicted molar refractivity (Wildman–Crippen MR) is 119 cm³/mol. The zero-order valence-electron chi connectivity index (χ0n) is 19.0. The monoisotopic (exact) mass is 455 g/mol. The molecule has 0 saturated heterocycles. The van der Waals surface area contributed by atoms with E-state index in [2.05, 4.69) is 5.16 Å². The molecule has 0 spiro atoms. The summed E-state index contributed by atoms with van der Waals surface area (Å²) in [6.45, 7) is 0.134. The van der Waals surface area contributed by atoms with Crippen molar-refractivity contribution in [2.24, 2.45) is 11.1 Å². The van der Waals surface area contributed by atoms with E-state index in [-0.39, 0.29) is 6.79 Å². The lowest BCUT2D eigenvalue weighted by molar-refractivity contribution is -0.144. The van der Waals surface area contributed by atoms with E-state index in [0.29, 0.717) is 34.3 Å². The van der Waals surface area contributed by atoms with Gasteiger partial charge in [-0.1, -0.05) is 5.16 Å². The first-order valence-corrected chi connectivity index (χ1v) is 10.2. The molecule has 1 heterocycles. The average Bonchev–Trinajstić information content (AvgIpc) is 3.30. The van der Waals surface area contributed by atoms with Crippen LogP contribution in [0.5, 0.6) is 28.7 Å². The molecular formula is C24H25NO8. The van der Waals surface area contributed by atoms with Gasteiger partial charge in [0.05, 0.1) is 40.6 Å². The molecule has 0 fully saturated rings. The SMILES string of the molecule is CO/N=C/C1=Cc2cc3c(cc2[C@@H](c2cc(OC)c(OC)c(OC)c2)[C@@H]1C(=O)OC)OCO3. The van der Waals surface area contributed by atoms with Crippen molar-refractivity contribution in [3.63, 3.8) is 0 Å². The van der Waals surface area contributed by atoms with Gasteiger partial charge in [-0.25, -0.2) is 0 Å². The summed E-state index contributed by atoms with van der Waals surface area (Å²) in [5, 5.41) is 3.90. The second kappa shape index (κ2) is 9.32. The van der Waals surface area contributed by atoms with Gasteiger partial charge in [0.1, 0.15) is 7.11 Å². The number of nitrogens with zero attached hydrogens (tertiary/aromatic N) is 1. The standard InChI is InChI=1S/C24H25NO8/c1-27-19-8-14(9-20(28-2)23(19)29-3)21-16-10-18-17(32-12-33-18)7-13(16)6-15(11-25-31-5)22(21)24(26)30-4/h6-11,21-22H,12H2,1-5H3/b25-11+/t21-,22-/m1/s1. The quantitative estimate of drug-likeness (QED) is 0.356. The molecule has 0 saturated carbocycles. The van der Waals surface area contributed by atoms with Crippen LogP contribution in [0.3, 0.4) is 0 Å². The maximum absolute atomic E-state index is 13.1. The molecule has 0 N–H and O–H groups in total. The molecule has 0 radical (unpaired) electrons. The normalized spacial score (nSPS) is 18.4. The van der Waals surface area contributed by atoms with Crippen molar-refractivity contribution in [3.05, 3.63) is 46.5 Å². The Balaban J connectivity index is 1.99. The van der Waals surface area contributed by atoms with E-state index in [1.54, 1.807) is 14.2 Å². The summed E-state index contributed by atoms with van der Waals surface area (Å²) in [6.07, 6.45) is 3.38. The highest BCUT2D eigenvalue weighted by molar-refractivity contribution is 5.97. The van der Waals surface area contributed by atoms with Crippen LogP contribution in [-0.2, 0) is 14.4 Å². The predicted octanol–water partition coefficient (Wildman–Crippen LogP) is 3.39. The Bertz CT molecular complexity index is 1100. The fourth-order valence-corrected chi connectivity index (χ4v) is 4.29. The number of hydrogen-bond donors (Lipinski definition) is 0. The summed E-state index contributed by atoms with van der Waals surface area (Å²) in [7, 11) is 7.42. The first-order valence-electron chi connectivity index (χ1n) is 10.2. The topological polar surface area (TPSA) is 94.0 Å². The molecule has 1 aliphatic heterocycles. The van der Waals surface area contributed by atoms with Gasteiger partial charge < -0.3 is 33.3 Å². The highest BCUT2D eigenvalue weighted by Gasteiger charge is 2.40. The van der Waals surface area contributed by atoms with Crippen LogP contribution < -0.4 is 23.7 Å². The van der Waals surface area contributed by atoms with Gasteiger partial charge in [0.2, 0.25) is 12.5 Å². The number of fused-ring (bicyclic) bond motifs is 2. The average molecular weight is 455 g/mol. The van der Waals surface area contributed by atoms with Crippen LogP contribution in [-0.4, -0.2) is 54.5 Å². The summed E-state index contributed by atoms with van der Waals surface area (Å²) < 4.78 is 33.0. The van der Waals surface area contributed by atoms with Crippen LogP contribution >= 0.6 is 0 Å². The molecule has 2 aliphatic rings. The molecule has 0 bridgehead atoms. The number of esters is 1. The Labute approximate surface area is 191 Å². The Morgan fingerprint density at radius 1 is 0.970 bits per heavy atom. The molecule has 4 rings (SSSR count). The third kappa shape index (κ3) is 3.90. The lowest BCUT2D eigenvalue weighted by atomic mass is 9.71. The van der Waals surface area contributed by atoms with Crippen molar-refractivity contribution in [3.8, 4) is 28.7 Å². The summed E-state index contributed by atoms with van der Waals surface area (Å²) in [4.78, 5) is 18.0. The number of benzene rings is 2. The third-order valence-corrected chi connectivity index (χ3v) is 5.74. The van der Waals surface area contributed by atoms with E-state index >= 15 is 0 Å². The van der Waals surface area contributed by atoms with Crippen molar-refractivity contribution in [1.82, 2.24) is 0 Å². The molecule has 2 atom stereocenters. The number of methoxy groups -OCH3 is 4. The van der Waals surface area contributed by atoms with Crippen molar-refractivity contribution in [1.29, 1.82) is 0 Å². The highest BCUT2D eigenvalue weighted by Crippen LogP contribution is 2.50. The van der Waals surface area contributed by atoms with E-state index in [1.165, 1.54) is 27.5 Å². The maximum atomic E-state index is 13.1. The Hall–Kier alpha value is -3.88. The van der Waals surface area contributed by atoms with E-state index in [1.807, 2.05) is 30.3 Å². The molecule has 9 heteroatoms. The van der Waals surface area contributed by atoms with Crippen LogP contribution in [0.1, 0.15) is 22.6 Å². The summed E-state index contributed by atoms with van der Waals surface area (Å²) in [5.74, 6) is 1.02. The molecule has 0 aromatic heterocycles. The van der Waals surface area contributed by atoms with Gasteiger partial charge in [-0.05, 0) is 52.6 Å². The molecule has 174 valence electrons. The first-order chi connectivity index (χ1) is 16.1. The maximum Gasteiger partial charge on any atom is 0.314 e. The van der Waals surface area contributed by atoms with Gasteiger partial charge >= 0.3 is 5.97 Å². The van der Waals surface area contributed by atoms with E-state index in [9.17, 15) is 4.79 Å². The van der Waals surface area contributed by atoms with Crippen molar-refractivity contribution in [2.75, 3.05) is 42.3 Å². The zero-order valence-corrected chi connectivity index (χ0v) is 19.0. The molecule has 2 aromatic carbocycles. The number of ether oxygens (including phenoxy) is 6. The van der Waals surface area contributed by atoms with Gasteiger partial charge in [0.15, 0.2) is 23.0 Å². The number of carbonyl (C=O) groups is 1. The minimum absolute atomic E-state index is 0.134. The highest BCUT2D eigenvalue weighted by atomic mass is 16.7. The Morgan fingerprint density at radius 2 is 1.64 bits per heavy atom. The van der Waals surface area contributed by atoms with Gasteiger partial charge in [-0.15, -0.1) is 0 Å². The fraction of sp³-hybridized carbons (Fsp3) is 0.333. The van der Waals surface area contributed by atoms with Crippen molar-refractivity contribution in [2.45, 2.75) is 5.92 Å². The molecule has 2 aromatic rings. The number of oxime groups is 1. The summed E-state index contributed by atoms with van der Waals surface area (Å²) in [5.41, 5.74) is 3.10. The Kier molecular flexibility index (Phi) is 6.30. The molecule has 1 aliphatic carbocycles. The van der Waals surface area contributed by atoms with Crippen LogP contribution in [0.25, 0.3) is 6.08 Å². The lowest BCUT2D eigenvalue weighted by Crippen LogP contribution is -2.30. The molecular weight excluding hydrogens is 430 g/mol. The van der Waals surface area contributed by atoms with Gasteiger partial charge in [-0.3, -0.25) is 4.79 Å². The molecule has 33 heavy (non-hydrogen) atoms. The number of hydrogen-bond acceptors (Lipinski definition) is 9. The van der Waals surface area contributed by atoms with Crippen molar-refractivity contribution < 1.29 is 38.1 Å². The first kappa shape index (κ1) is 22.3. The lowest BCUT2D eigenvalue weighted by Gasteiger charge is -2.32. The van der Waals surface area contributed by atoms with Crippen molar-refractivity contribution >= 4 is 18.3 Å². The van der Waals surface area contributed by atoms with Crippen LogP contribution in [0.2, 0.25) is 0 Å². The van der Waals surface area contributed by atoms with Crippen LogP contribution in [0.15, 0.2) is 35.0 Å². The minimum Gasteiger partial charge on any atom is -0.493 e. The van der Waals surface area contributed by atoms with Crippen LogP contribution in [0, 0.1) is 5.92 Å². The van der Waals surface area contributed by atoms with E-state index < -0.39 is 17.8 Å². The fourth-order valence-electron chi connectivity index (χ4n) is 4.29. The third-order valence-electron chi connectivity index (χ3n) is 5.74.